The smallest absolute Gasteiger partial charge is 0.242 e. The molecule has 86 valence electrons. The topological polar surface area (TPSA) is 58.4 Å². The van der Waals surface area contributed by atoms with Gasteiger partial charge in [-0.25, -0.2) is 4.39 Å². The fourth-order valence-corrected chi connectivity index (χ4v) is 1.89. The molecular formula is C11H14FN3O. The SMILES string of the molecule is CC1C(=O)NCCN1c1cccc(F)c1N. The van der Waals surface area contributed by atoms with Gasteiger partial charge in [0.2, 0.25) is 5.91 Å². The van der Waals surface area contributed by atoms with Crippen molar-refractivity contribution in [2.24, 2.45) is 0 Å². The Morgan fingerprint density at radius 2 is 2.31 bits per heavy atom. The number of carbonyl (C=O) groups excluding carboxylic acids is 1. The number of anilines is 2. The molecule has 0 saturated carbocycles. The second-order valence-electron chi connectivity index (χ2n) is 3.83. The summed E-state index contributed by atoms with van der Waals surface area (Å²) in [6.45, 7) is 2.97. The van der Waals surface area contributed by atoms with Gasteiger partial charge in [0.1, 0.15) is 11.9 Å². The normalized spacial score (nSPS) is 20.8. The van der Waals surface area contributed by atoms with E-state index in [1.807, 2.05) is 4.90 Å². The van der Waals surface area contributed by atoms with E-state index in [2.05, 4.69) is 5.32 Å². The molecule has 0 aromatic heterocycles. The van der Waals surface area contributed by atoms with E-state index in [1.165, 1.54) is 6.07 Å². The molecule has 2 rings (SSSR count). The number of rotatable bonds is 1. The molecule has 1 aliphatic rings. The lowest BCUT2D eigenvalue weighted by Gasteiger charge is -2.35. The molecule has 1 saturated heterocycles. The van der Waals surface area contributed by atoms with Gasteiger partial charge in [-0.15, -0.1) is 0 Å². The van der Waals surface area contributed by atoms with E-state index in [9.17, 15) is 9.18 Å². The minimum absolute atomic E-state index is 0.0603. The maximum Gasteiger partial charge on any atom is 0.242 e. The molecule has 1 aromatic carbocycles. The van der Waals surface area contributed by atoms with E-state index in [0.29, 0.717) is 18.8 Å². The minimum atomic E-state index is -0.448. The highest BCUT2D eigenvalue weighted by Gasteiger charge is 2.27. The average molecular weight is 223 g/mol. The summed E-state index contributed by atoms with van der Waals surface area (Å²) in [5.74, 6) is -0.509. The molecular weight excluding hydrogens is 209 g/mol. The van der Waals surface area contributed by atoms with Crippen LogP contribution in [0.3, 0.4) is 0 Å². The lowest BCUT2D eigenvalue weighted by atomic mass is 10.1. The summed E-state index contributed by atoms with van der Waals surface area (Å²) >= 11 is 0. The van der Waals surface area contributed by atoms with Gasteiger partial charge in [0, 0.05) is 13.1 Å². The maximum absolute atomic E-state index is 13.3. The molecule has 0 bridgehead atoms. The number of carbonyl (C=O) groups is 1. The lowest BCUT2D eigenvalue weighted by molar-refractivity contribution is -0.122. The molecule has 4 nitrogen and oxygen atoms in total. The Morgan fingerprint density at radius 3 is 3.06 bits per heavy atom. The van der Waals surface area contributed by atoms with Gasteiger partial charge in [-0.05, 0) is 19.1 Å². The van der Waals surface area contributed by atoms with Crippen molar-refractivity contribution in [3.8, 4) is 0 Å². The second-order valence-corrected chi connectivity index (χ2v) is 3.83. The van der Waals surface area contributed by atoms with Gasteiger partial charge >= 0.3 is 0 Å². The molecule has 1 amide bonds. The number of nitrogens with two attached hydrogens (primary N) is 1. The summed E-state index contributed by atoms with van der Waals surface area (Å²) in [6, 6.07) is 4.32. The standard InChI is InChI=1S/C11H14FN3O/c1-7-11(16)14-5-6-15(7)9-4-2-3-8(12)10(9)13/h2-4,7H,5-6,13H2,1H3,(H,14,16). The number of piperazine rings is 1. The van der Waals surface area contributed by atoms with Gasteiger partial charge in [-0.1, -0.05) is 6.07 Å². The van der Waals surface area contributed by atoms with Gasteiger partial charge in [0.05, 0.1) is 11.4 Å². The first-order valence-corrected chi connectivity index (χ1v) is 5.19. The zero-order valence-corrected chi connectivity index (χ0v) is 9.03. The number of hydrogen-bond donors (Lipinski definition) is 2. The molecule has 1 unspecified atom stereocenters. The number of amides is 1. The molecule has 5 heteroatoms. The third-order valence-electron chi connectivity index (χ3n) is 2.84. The number of hydrogen-bond acceptors (Lipinski definition) is 3. The monoisotopic (exact) mass is 223 g/mol. The van der Waals surface area contributed by atoms with Crippen molar-refractivity contribution in [3.63, 3.8) is 0 Å². The van der Waals surface area contributed by atoms with Crippen LogP contribution in [0, 0.1) is 5.82 Å². The van der Waals surface area contributed by atoms with E-state index >= 15 is 0 Å². The van der Waals surface area contributed by atoms with Crippen molar-refractivity contribution >= 4 is 17.3 Å². The number of nitrogen functional groups attached to an aromatic ring is 1. The Morgan fingerprint density at radius 1 is 1.56 bits per heavy atom. The van der Waals surface area contributed by atoms with Crippen LogP contribution in [0.2, 0.25) is 0 Å². The molecule has 3 N–H and O–H groups in total. The predicted octanol–water partition coefficient (Wildman–Crippen LogP) is 0.733. The van der Waals surface area contributed by atoms with Gasteiger partial charge < -0.3 is 16.0 Å². The lowest BCUT2D eigenvalue weighted by Crippen LogP contribution is -2.54. The summed E-state index contributed by atoms with van der Waals surface area (Å²) in [5, 5.41) is 2.75. The second kappa shape index (κ2) is 4.00. The largest absolute Gasteiger partial charge is 0.395 e. The van der Waals surface area contributed by atoms with Gasteiger partial charge in [0.25, 0.3) is 0 Å². The zero-order valence-electron chi connectivity index (χ0n) is 9.03. The number of nitrogens with zero attached hydrogens (tertiary/aromatic N) is 1. The number of benzene rings is 1. The molecule has 1 heterocycles. The number of nitrogens with one attached hydrogen (secondary N) is 1. The Bertz CT molecular complexity index is 422. The third-order valence-corrected chi connectivity index (χ3v) is 2.84. The Balaban J connectivity index is 2.36. The van der Waals surface area contributed by atoms with E-state index in [-0.39, 0.29) is 17.6 Å². The average Bonchev–Trinajstić information content (AvgIpc) is 2.27. The first-order chi connectivity index (χ1) is 7.61. The van der Waals surface area contributed by atoms with Crippen LogP contribution < -0.4 is 16.0 Å². The first kappa shape index (κ1) is 10.7. The van der Waals surface area contributed by atoms with E-state index in [0.717, 1.165) is 0 Å². The molecule has 0 radical (unpaired) electrons. The van der Waals surface area contributed by atoms with Crippen molar-refractivity contribution in [2.45, 2.75) is 13.0 Å². The first-order valence-electron chi connectivity index (χ1n) is 5.19. The van der Waals surface area contributed by atoms with Crippen LogP contribution in [0.15, 0.2) is 18.2 Å². The quantitative estimate of drug-likeness (QED) is 0.690. The van der Waals surface area contributed by atoms with Crippen molar-refractivity contribution in [1.29, 1.82) is 0 Å². The maximum atomic E-state index is 13.3. The molecule has 1 aliphatic heterocycles. The van der Waals surface area contributed by atoms with E-state index < -0.39 is 5.82 Å². The Kier molecular flexibility index (Phi) is 2.68. The molecule has 1 atom stereocenters. The predicted molar refractivity (Wildman–Crippen MR) is 60.6 cm³/mol. The van der Waals surface area contributed by atoms with Gasteiger partial charge in [-0.3, -0.25) is 4.79 Å². The highest BCUT2D eigenvalue weighted by atomic mass is 19.1. The van der Waals surface area contributed by atoms with Gasteiger partial charge in [0.15, 0.2) is 0 Å². The highest BCUT2D eigenvalue weighted by molar-refractivity contribution is 5.87. The van der Waals surface area contributed by atoms with Crippen molar-refractivity contribution in [2.75, 3.05) is 23.7 Å². The molecule has 16 heavy (non-hydrogen) atoms. The molecule has 0 spiro atoms. The molecule has 1 aromatic rings. The van der Waals surface area contributed by atoms with Crippen LogP contribution in [-0.2, 0) is 4.79 Å². The van der Waals surface area contributed by atoms with Crippen molar-refractivity contribution in [3.05, 3.63) is 24.0 Å². The minimum Gasteiger partial charge on any atom is -0.395 e. The van der Waals surface area contributed by atoms with Crippen LogP contribution in [0.4, 0.5) is 15.8 Å². The van der Waals surface area contributed by atoms with Crippen LogP contribution in [0.25, 0.3) is 0 Å². The van der Waals surface area contributed by atoms with E-state index in [4.69, 9.17) is 5.73 Å². The third kappa shape index (κ3) is 1.68. The summed E-state index contributed by atoms with van der Waals surface area (Å²) < 4.78 is 13.3. The highest BCUT2D eigenvalue weighted by Crippen LogP contribution is 2.27. The summed E-state index contributed by atoms with van der Waals surface area (Å²) in [6.07, 6.45) is 0. The Labute approximate surface area is 93.2 Å². The number of para-hydroxylation sites is 1. The summed E-state index contributed by atoms with van der Waals surface area (Å²) in [7, 11) is 0. The van der Waals surface area contributed by atoms with Crippen LogP contribution in [0.1, 0.15) is 6.92 Å². The zero-order chi connectivity index (χ0) is 11.7. The fourth-order valence-electron chi connectivity index (χ4n) is 1.89. The van der Waals surface area contributed by atoms with Crippen molar-refractivity contribution < 1.29 is 9.18 Å². The number of halogens is 1. The van der Waals surface area contributed by atoms with Gasteiger partial charge in [-0.2, -0.15) is 0 Å². The van der Waals surface area contributed by atoms with E-state index in [1.54, 1.807) is 19.1 Å². The van der Waals surface area contributed by atoms with Crippen LogP contribution in [-0.4, -0.2) is 25.0 Å². The Hall–Kier alpha value is -1.78. The van der Waals surface area contributed by atoms with Crippen LogP contribution in [0.5, 0.6) is 0 Å². The fraction of sp³-hybridized carbons (Fsp3) is 0.364. The summed E-state index contributed by atoms with van der Waals surface area (Å²) in [5.41, 5.74) is 6.36. The molecule has 1 fully saturated rings. The van der Waals surface area contributed by atoms with Crippen LogP contribution >= 0.6 is 0 Å². The molecule has 0 aliphatic carbocycles. The summed E-state index contributed by atoms with van der Waals surface area (Å²) in [4.78, 5) is 13.3. The van der Waals surface area contributed by atoms with Crippen molar-refractivity contribution in [1.82, 2.24) is 5.32 Å².